The van der Waals surface area contributed by atoms with Crippen molar-refractivity contribution in [2.24, 2.45) is 0 Å². The zero-order valence-electron chi connectivity index (χ0n) is 20.6. The Morgan fingerprint density at radius 2 is 1.89 bits per heavy atom. The highest BCUT2D eigenvalue weighted by Gasteiger charge is 2.49. The number of carbonyl (C=O) groups is 3. The smallest absolute Gasteiger partial charge is 0.359 e. The fourth-order valence-electron chi connectivity index (χ4n) is 5.02. The van der Waals surface area contributed by atoms with Gasteiger partial charge in [-0.05, 0) is 25.8 Å². The zero-order chi connectivity index (χ0) is 25.2. The van der Waals surface area contributed by atoms with E-state index in [-0.39, 0.29) is 36.4 Å². The third-order valence-electron chi connectivity index (χ3n) is 6.98. The average molecular weight is 485 g/mol. The molecule has 1 N–H and O–H groups in total. The van der Waals surface area contributed by atoms with Crippen molar-refractivity contribution in [1.29, 1.82) is 0 Å². The average Bonchev–Trinajstić information content (AvgIpc) is 3.29. The van der Waals surface area contributed by atoms with E-state index in [0.29, 0.717) is 17.1 Å². The SMILES string of the molecule is COC(=O)c1ncn2c1C(=O)N(Cc1cccc(OC)c1OC)C(C)(C(=O)NC1CCCCC1)C2. The van der Waals surface area contributed by atoms with Crippen LogP contribution in [-0.4, -0.2) is 65.1 Å². The van der Waals surface area contributed by atoms with Crippen LogP contribution in [0, 0.1) is 0 Å². The molecule has 1 aliphatic carbocycles. The molecule has 10 heteroatoms. The van der Waals surface area contributed by atoms with Crippen LogP contribution in [0.2, 0.25) is 0 Å². The van der Waals surface area contributed by atoms with Gasteiger partial charge < -0.3 is 29.0 Å². The Morgan fingerprint density at radius 1 is 1.14 bits per heavy atom. The number of aromatic nitrogens is 2. The van der Waals surface area contributed by atoms with E-state index in [1.54, 1.807) is 23.6 Å². The number of benzene rings is 1. The van der Waals surface area contributed by atoms with Crippen LogP contribution < -0.4 is 14.8 Å². The van der Waals surface area contributed by atoms with Gasteiger partial charge in [-0.2, -0.15) is 0 Å². The first-order valence-corrected chi connectivity index (χ1v) is 11.8. The van der Waals surface area contributed by atoms with E-state index in [1.165, 1.54) is 39.0 Å². The summed E-state index contributed by atoms with van der Waals surface area (Å²) in [4.78, 5) is 45.6. The van der Waals surface area contributed by atoms with Crippen LogP contribution in [0.4, 0.5) is 0 Å². The van der Waals surface area contributed by atoms with E-state index in [1.807, 2.05) is 6.07 Å². The van der Waals surface area contributed by atoms with Crippen molar-refractivity contribution < 1.29 is 28.6 Å². The number of nitrogens with zero attached hydrogens (tertiary/aromatic N) is 3. The Morgan fingerprint density at radius 3 is 2.54 bits per heavy atom. The molecule has 1 saturated carbocycles. The molecule has 0 saturated heterocycles. The molecule has 0 bridgehead atoms. The molecule has 1 aromatic heterocycles. The summed E-state index contributed by atoms with van der Waals surface area (Å²) in [6.07, 6.45) is 6.55. The van der Waals surface area contributed by atoms with Crippen molar-refractivity contribution in [3.63, 3.8) is 0 Å². The second-order valence-corrected chi connectivity index (χ2v) is 9.19. The highest BCUT2D eigenvalue weighted by molar-refractivity contribution is 6.06. The molecule has 1 aromatic carbocycles. The zero-order valence-corrected chi connectivity index (χ0v) is 20.6. The topological polar surface area (TPSA) is 112 Å². The summed E-state index contributed by atoms with van der Waals surface area (Å²) < 4.78 is 17.4. The molecular weight excluding hydrogens is 452 g/mol. The van der Waals surface area contributed by atoms with Crippen molar-refractivity contribution >= 4 is 17.8 Å². The van der Waals surface area contributed by atoms with Crippen LogP contribution >= 0.6 is 0 Å². The number of esters is 1. The minimum atomic E-state index is -1.23. The van der Waals surface area contributed by atoms with Gasteiger partial charge >= 0.3 is 5.97 Å². The molecule has 1 fully saturated rings. The van der Waals surface area contributed by atoms with Crippen LogP contribution in [0.25, 0.3) is 0 Å². The van der Waals surface area contributed by atoms with Gasteiger partial charge in [0.1, 0.15) is 11.2 Å². The van der Waals surface area contributed by atoms with E-state index in [0.717, 1.165) is 25.7 Å². The predicted octanol–water partition coefficient (Wildman–Crippen LogP) is 2.55. The molecule has 188 valence electrons. The molecule has 1 unspecified atom stereocenters. The molecule has 1 aliphatic heterocycles. The van der Waals surface area contributed by atoms with Crippen molar-refractivity contribution in [2.75, 3.05) is 21.3 Å². The van der Waals surface area contributed by atoms with Crippen molar-refractivity contribution in [3.05, 3.63) is 41.5 Å². The van der Waals surface area contributed by atoms with Gasteiger partial charge in [-0.3, -0.25) is 9.59 Å². The van der Waals surface area contributed by atoms with Gasteiger partial charge in [0.15, 0.2) is 17.2 Å². The van der Waals surface area contributed by atoms with Gasteiger partial charge in [-0.25, -0.2) is 9.78 Å². The maximum atomic E-state index is 13.9. The maximum absolute atomic E-state index is 13.9. The number of amides is 2. The van der Waals surface area contributed by atoms with Crippen LogP contribution in [0.1, 0.15) is 65.6 Å². The van der Waals surface area contributed by atoms with Gasteiger partial charge in [-0.15, -0.1) is 0 Å². The van der Waals surface area contributed by atoms with Crippen molar-refractivity contribution in [1.82, 2.24) is 19.8 Å². The number of hydrogen-bond acceptors (Lipinski definition) is 7. The van der Waals surface area contributed by atoms with Crippen molar-refractivity contribution in [3.8, 4) is 11.5 Å². The monoisotopic (exact) mass is 484 g/mol. The Balaban J connectivity index is 1.76. The van der Waals surface area contributed by atoms with Gasteiger partial charge in [0.05, 0.1) is 40.7 Å². The quantitative estimate of drug-likeness (QED) is 0.601. The largest absolute Gasteiger partial charge is 0.493 e. The molecule has 10 nitrogen and oxygen atoms in total. The van der Waals surface area contributed by atoms with E-state index in [9.17, 15) is 14.4 Å². The minimum absolute atomic E-state index is 0.0690. The van der Waals surface area contributed by atoms with Gasteiger partial charge in [-0.1, -0.05) is 31.4 Å². The Bertz CT molecular complexity index is 1120. The molecule has 2 aliphatic rings. The number of hydrogen-bond donors (Lipinski definition) is 1. The fraction of sp³-hybridized carbons (Fsp3) is 0.520. The number of methoxy groups -OCH3 is 3. The van der Waals surface area contributed by atoms with E-state index >= 15 is 0 Å². The van der Waals surface area contributed by atoms with E-state index < -0.39 is 17.4 Å². The summed E-state index contributed by atoms with van der Waals surface area (Å²) in [6.45, 7) is 1.96. The Labute approximate surface area is 204 Å². The number of rotatable bonds is 7. The maximum Gasteiger partial charge on any atom is 0.359 e. The van der Waals surface area contributed by atoms with Gasteiger partial charge in [0.25, 0.3) is 5.91 Å². The Hall–Kier alpha value is -3.56. The predicted molar refractivity (Wildman–Crippen MR) is 126 cm³/mol. The molecule has 2 amide bonds. The lowest BCUT2D eigenvalue weighted by Crippen LogP contribution is -2.64. The number of nitrogens with one attached hydrogen (secondary N) is 1. The van der Waals surface area contributed by atoms with Crippen LogP contribution in [0.3, 0.4) is 0 Å². The summed E-state index contributed by atoms with van der Waals surface area (Å²) >= 11 is 0. The summed E-state index contributed by atoms with van der Waals surface area (Å²) in [7, 11) is 4.30. The lowest BCUT2D eigenvalue weighted by Gasteiger charge is -2.44. The van der Waals surface area contributed by atoms with Gasteiger partial charge in [0.2, 0.25) is 5.91 Å². The number of fused-ring (bicyclic) bond motifs is 1. The summed E-state index contributed by atoms with van der Waals surface area (Å²) in [5.41, 5.74) is -0.537. The fourth-order valence-corrected chi connectivity index (χ4v) is 5.02. The van der Waals surface area contributed by atoms with Crippen LogP contribution in [0.15, 0.2) is 24.5 Å². The molecule has 35 heavy (non-hydrogen) atoms. The first-order valence-electron chi connectivity index (χ1n) is 11.8. The summed E-state index contributed by atoms with van der Waals surface area (Å²) in [5, 5.41) is 3.17. The standard InChI is InChI=1S/C25H32N4O6/c1-25(24(32)27-17-10-6-5-7-11-17)14-28-15-26-19(23(31)35-4)20(28)22(30)29(25)13-16-9-8-12-18(33-2)21(16)34-3/h8-9,12,15,17H,5-7,10-11,13-14H2,1-4H3,(H,27,32). The number of para-hydroxylation sites is 1. The molecule has 0 radical (unpaired) electrons. The number of ether oxygens (including phenoxy) is 3. The van der Waals surface area contributed by atoms with E-state index in [2.05, 4.69) is 10.3 Å². The Kier molecular flexibility index (Phi) is 7.00. The van der Waals surface area contributed by atoms with E-state index in [4.69, 9.17) is 14.2 Å². The molecule has 2 heterocycles. The molecule has 4 rings (SSSR count). The lowest BCUT2D eigenvalue weighted by molar-refractivity contribution is -0.134. The first-order chi connectivity index (χ1) is 16.8. The normalized spacial score (nSPS) is 20.2. The van der Waals surface area contributed by atoms with Crippen LogP contribution in [0.5, 0.6) is 11.5 Å². The van der Waals surface area contributed by atoms with Crippen molar-refractivity contribution in [2.45, 2.75) is 63.7 Å². The van der Waals surface area contributed by atoms with Gasteiger partial charge in [0, 0.05) is 11.6 Å². The second kappa shape index (κ2) is 9.97. The summed E-state index contributed by atoms with van der Waals surface area (Å²) in [6, 6.07) is 5.46. The number of carbonyl (C=O) groups excluding carboxylic acids is 3. The third-order valence-corrected chi connectivity index (χ3v) is 6.98. The second-order valence-electron chi connectivity index (χ2n) is 9.19. The highest BCUT2D eigenvalue weighted by atomic mass is 16.5. The first kappa shape index (κ1) is 24.6. The minimum Gasteiger partial charge on any atom is -0.493 e. The molecule has 1 atom stereocenters. The summed E-state index contributed by atoms with van der Waals surface area (Å²) in [5.74, 6) is -0.437. The van der Waals surface area contributed by atoms with Crippen LogP contribution in [-0.2, 0) is 22.6 Å². The molecular formula is C25H32N4O6. The highest BCUT2D eigenvalue weighted by Crippen LogP contribution is 2.36. The molecule has 0 spiro atoms. The third kappa shape index (κ3) is 4.44. The molecule has 2 aromatic rings. The number of imidazole rings is 1. The lowest BCUT2D eigenvalue weighted by atomic mass is 9.90.